The van der Waals surface area contributed by atoms with Crippen LogP contribution in [0.2, 0.25) is 0 Å². The van der Waals surface area contributed by atoms with Crippen LogP contribution in [0, 0.1) is 18.3 Å². The van der Waals surface area contributed by atoms with Gasteiger partial charge in [-0.05, 0) is 26.0 Å². The number of rotatable bonds is 4. The third kappa shape index (κ3) is 2.61. The SMILES string of the molecule is Cc1ccc(S(=O)(=O)N(C)C(C)CC#N)s1. The van der Waals surface area contributed by atoms with Gasteiger partial charge in [-0.25, -0.2) is 8.42 Å². The molecule has 0 aliphatic carbocycles. The number of nitriles is 1. The Morgan fingerprint density at radius 1 is 1.56 bits per heavy atom. The number of nitrogens with zero attached hydrogens (tertiary/aromatic N) is 2. The van der Waals surface area contributed by atoms with Gasteiger partial charge in [-0.3, -0.25) is 0 Å². The van der Waals surface area contributed by atoms with Gasteiger partial charge in [-0.2, -0.15) is 9.57 Å². The molecule has 0 amide bonds. The first-order valence-electron chi connectivity index (χ1n) is 4.81. The zero-order valence-electron chi connectivity index (χ0n) is 9.47. The molecule has 16 heavy (non-hydrogen) atoms. The van der Waals surface area contributed by atoms with E-state index in [1.54, 1.807) is 19.1 Å². The van der Waals surface area contributed by atoms with Gasteiger partial charge < -0.3 is 0 Å². The van der Waals surface area contributed by atoms with Crippen LogP contribution in [0.5, 0.6) is 0 Å². The van der Waals surface area contributed by atoms with E-state index in [2.05, 4.69) is 0 Å². The van der Waals surface area contributed by atoms with Gasteiger partial charge in [0.05, 0.1) is 12.5 Å². The Balaban J connectivity index is 2.99. The maximum Gasteiger partial charge on any atom is 0.252 e. The van der Waals surface area contributed by atoms with Crippen molar-refractivity contribution in [1.29, 1.82) is 5.26 Å². The number of thiophene rings is 1. The molecular weight excluding hydrogens is 244 g/mol. The Morgan fingerprint density at radius 2 is 2.19 bits per heavy atom. The third-order valence-electron chi connectivity index (χ3n) is 2.36. The van der Waals surface area contributed by atoms with Crippen LogP contribution in [0.25, 0.3) is 0 Å². The molecule has 0 saturated carbocycles. The van der Waals surface area contributed by atoms with Gasteiger partial charge in [0.2, 0.25) is 0 Å². The second-order valence-corrected chi connectivity index (χ2v) is 7.11. The van der Waals surface area contributed by atoms with Gasteiger partial charge in [-0.1, -0.05) is 0 Å². The molecule has 0 saturated heterocycles. The quantitative estimate of drug-likeness (QED) is 0.829. The summed E-state index contributed by atoms with van der Waals surface area (Å²) in [5.41, 5.74) is 0. The zero-order chi connectivity index (χ0) is 12.3. The average molecular weight is 258 g/mol. The normalized spacial score (nSPS) is 13.7. The van der Waals surface area contributed by atoms with Crippen LogP contribution >= 0.6 is 11.3 Å². The van der Waals surface area contributed by atoms with E-state index in [1.165, 1.54) is 22.7 Å². The second kappa shape index (κ2) is 4.95. The minimum atomic E-state index is -3.44. The largest absolute Gasteiger partial charge is 0.252 e. The fourth-order valence-corrected chi connectivity index (χ4v) is 4.02. The van der Waals surface area contributed by atoms with Crippen LogP contribution in [0.15, 0.2) is 16.3 Å². The van der Waals surface area contributed by atoms with E-state index in [4.69, 9.17) is 5.26 Å². The molecule has 1 atom stereocenters. The maximum atomic E-state index is 12.1. The molecule has 0 N–H and O–H groups in total. The van der Waals surface area contributed by atoms with E-state index >= 15 is 0 Å². The highest BCUT2D eigenvalue weighted by Crippen LogP contribution is 2.25. The van der Waals surface area contributed by atoms with Gasteiger partial charge in [-0.15, -0.1) is 11.3 Å². The van der Waals surface area contributed by atoms with E-state index in [-0.39, 0.29) is 12.5 Å². The number of hydrogen-bond acceptors (Lipinski definition) is 4. The summed E-state index contributed by atoms with van der Waals surface area (Å²) in [6.45, 7) is 3.59. The third-order valence-corrected chi connectivity index (χ3v) is 5.80. The fraction of sp³-hybridized carbons (Fsp3) is 0.500. The van der Waals surface area contributed by atoms with Crippen LogP contribution in [-0.2, 0) is 10.0 Å². The van der Waals surface area contributed by atoms with E-state index in [1.807, 2.05) is 13.0 Å². The predicted molar refractivity (Wildman–Crippen MR) is 63.7 cm³/mol. The molecule has 0 aliphatic heterocycles. The first-order chi connectivity index (χ1) is 7.39. The molecular formula is C10H14N2O2S2. The molecule has 1 heterocycles. The standard InChI is InChI=1S/C10H14N2O2S2/c1-8(6-7-11)12(3)16(13,14)10-5-4-9(2)15-10/h4-5,8H,6H2,1-3H3. The summed E-state index contributed by atoms with van der Waals surface area (Å²) in [5.74, 6) is 0. The Labute approximate surface area is 100 Å². The molecule has 88 valence electrons. The summed E-state index contributed by atoms with van der Waals surface area (Å²) in [4.78, 5) is 0.958. The predicted octanol–water partition coefficient (Wildman–Crippen LogP) is 1.98. The Morgan fingerprint density at radius 3 is 2.62 bits per heavy atom. The van der Waals surface area contributed by atoms with Crippen LogP contribution in [0.4, 0.5) is 0 Å². The topological polar surface area (TPSA) is 61.2 Å². The van der Waals surface area contributed by atoms with E-state index in [0.717, 1.165) is 4.88 Å². The first-order valence-corrected chi connectivity index (χ1v) is 7.06. The smallest absolute Gasteiger partial charge is 0.206 e. The van der Waals surface area contributed by atoms with Crippen molar-refractivity contribution in [3.63, 3.8) is 0 Å². The van der Waals surface area contributed by atoms with Crippen molar-refractivity contribution in [1.82, 2.24) is 4.31 Å². The molecule has 4 nitrogen and oxygen atoms in total. The summed E-state index contributed by atoms with van der Waals surface area (Å²) in [5, 5.41) is 8.56. The minimum absolute atomic E-state index is 0.195. The van der Waals surface area contributed by atoms with Crippen LogP contribution in [0.1, 0.15) is 18.2 Å². The van der Waals surface area contributed by atoms with Gasteiger partial charge in [0.25, 0.3) is 10.0 Å². The lowest BCUT2D eigenvalue weighted by Gasteiger charge is -2.21. The molecule has 0 aromatic carbocycles. The van der Waals surface area contributed by atoms with E-state index in [0.29, 0.717) is 4.21 Å². The molecule has 0 radical (unpaired) electrons. The molecule has 1 aromatic heterocycles. The number of aryl methyl sites for hydroxylation is 1. The van der Waals surface area contributed by atoms with E-state index < -0.39 is 10.0 Å². The molecule has 6 heteroatoms. The molecule has 1 aromatic rings. The summed E-state index contributed by atoms with van der Waals surface area (Å²) < 4.78 is 25.8. The van der Waals surface area contributed by atoms with Gasteiger partial charge in [0.1, 0.15) is 4.21 Å². The summed E-state index contributed by atoms with van der Waals surface area (Å²) in [7, 11) is -1.93. The van der Waals surface area contributed by atoms with Crippen LogP contribution in [0.3, 0.4) is 0 Å². The lowest BCUT2D eigenvalue weighted by Crippen LogP contribution is -2.34. The molecule has 0 bridgehead atoms. The van der Waals surface area contributed by atoms with Gasteiger partial charge >= 0.3 is 0 Å². The first kappa shape index (κ1) is 13.2. The van der Waals surface area contributed by atoms with Crippen LogP contribution in [-0.4, -0.2) is 25.8 Å². The maximum absolute atomic E-state index is 12.1. The summed E-state index contributed by atoms with van der Waals surface area (Å²) in [6.07, 6.45) is 0.195. The van der Waals surface area contributed by atoms with Crippen molar-refractivity contribution in [2.45, 2.75) is 30.5 Å². The van der Waals surface area contributed by atoms with Crippen molar-refractivity contribution in [3.05, 3.63) is 17.0 Å². The van der Waals surface area contributed by atoms with Crippen LogP contribution < -0.4 is 0 Å². The highest BCUT2D eigenvalue weighted by Gasteiger charge is 2.26. The molecule has 0 aliphatic rings. The van der Waals surface area contributed by atoms with Crippen molar-refractivity contribution in [3.8, 4) is 6.07 Å². The number of hydrogen-bond donors (Lipinski definition) is 0. The highest BCUT2D eigenvalue weighted by atomic mass is 32.2. The zero-order valence-corrected chi connectivity index (χ0v) is 11.1. The Hall–Kier alpha value is -0.900. The fourth-order valence-electron chi connectivity index (χ4n) is 1.19. The molecule has 0 spiro atoms. The molecule has 1 rings (SSSR count). The van der Waals surface area contributed by atoms with Crippen molar-refractivity contribution in [2.24, 2.45) is 0 Å². The Kier molecular flexibility index (Phi) is 4.08. The number of sulfonamides is 1. The highest BCUT2D eigenvalue weighted by molar-refractivity contribution is 7.91. The lowest BCUT2D eigenvalue weighted by molar-refractivity contribution is 0.394. The van der Waals surface area contributed by atoms with Crippen molar-refractivity contribution >= 4 is 21.4 Å². The summed E-state index contributed by atoms with van der Waals surface area (Å²) in [6, 6.07) is 5.05. The lowest BCUT2D eigenvalue weighted by atomic mass is 10.3. The Bertz CT molecular complexity index is 499. The van der Waals surface area contributed by atoms with Gasteiger partial charge in [0.15, 0.2) is 0 Å². The average Bonchev–Trinajstić information content (AvgIpc) is 2.64. The van der Waals surface area contributed by atoms with Crippen molar-refractivity contribution in [2.75, 3.05) is 7.05 Å². The summed E-state index contributed by atoms with van der Waals surface area (Å²) >= 11 is 1.25. The second-order valence-electron chi connectivity index (χ2n) is 3.60. The van der Waals surface area contributed by atoms with Gasteiger partial charge in [0, 0.05) is 18.0 Å². The van der Waals surface area contributed by atoms with E-state index in [9.17, 15) is 8.42 Å². The minimum Gasteiger partial charge on any atom is -0.206 e. The molecule has 0 fully saturated rings. The van der Waals surface area contributed by atoms with Crippen molar-refractivity contribution < 1.29 is 8.42 Å². The molecule has 1 unspecified atom stereocenters. The monoisotopic (exact) mass is 258 g/mol.